The van der Waals surface area contributed by atoms with Gasteiger partial charge in [0.15, 0.2) is 0 Å². The van der Waals surface area contributed by atoms with E-state index in [2.05, 4.69) is 37.3 Å². The average Bonchev–Trinajstić information content (AvgIpc) is 2.77. The lowest BCUT2D eigenvalue weighted by Crippen LogP contribution is -2.16. The molecule has 1 aromatic rings. The van der Waals surface area contributed by atoms with Crippen molar-refractivity contribution >= 4 is 0 Å². The molecule has 0 aromatic heterocycles. The van der Waals surface area contributed by atoms with Gasteiger partial charge in [-0.1, -0.05) is 37.3 Å². The fourth-order valence-corrected chi connectivity index (χ4v) is 3.78. The number of rotatable bonds is 1. The normalized spacial score (nSPS) is 40.4. The van der Waals surface area contributed by atoms with Crippen molar-refractivity contribution in [2.75, 3.05) is 0 Å². The Labute approximate surface area is 86.3 Å². The van der Waals surface area contributed by atoms with Crippen molar-refractivity contribution in [3.63, 3.8) is 0 Å². The van der Waals surface area contributed by atoms with Crippen LogP contribution in [0.1, 0.15) is 37.7 Å². The van der Waals surface area contributed by atoms with E-state index in [1.165, 1.54) is 19.3 Å². The molecule has 2 aliphatic rings. The third-order valence-corrected chi connectivity index (χ3v) is 4.37. The van der Waals surface area contributed by atoms with E-state index in [0.29, 0.717) is 0 Å². The third-order valence-electron chi connectivity index (χ3n) is 4.37. The van der Waals surface area contributed by atoms with Gasteiger partial charge >= 0.3 is 0 Å². The molecule has 2 fully saturated rings. The van der Waals surface area contributed by atoms with E-state index in [0.717, 1.165) is 23.7 Å². The number of hydrogen-bond acceptors (Lipinski definition) is 0. The molecule has 2 bridgehead atoms. The Hall–Kier alpha value is -0.780. The van der Waals surface area contributed by atoms with Crippen molar-refractivity contribution in [3.8, 4) is 0 Å². The lowest BCUT2D eigenvalue weighted by Gasteiger charge is -2.27. The van der Waals surface area contributed by atoms with E-state index in [4.69, 9.17) is 0 Å². The molecule has 0 nitrogen and oxygen atoms in total. The highest BCUT2D eigenvalue weighted by atomic mass is 14.5. The molecule has 74 valence electrons. The highest BCUT2D eigenvalue weighted by Crippen LogP contribution is 2.55. The van der Waals surface area contributed by atoms with Crippen LogP contribution >= 0.6 is 0 Å². The molecule has 14 heavy (non-hydrogen) atoms. The van der Waals surface area contributed by atoms with E-state index in [1.807, 2.05) is 0 Å². The Kier molecular flexibility index (Phi) is 1.90. The Balaban J connectivity index is 1.88. The second-order valence-corrected chi connectivity index (χ2v) is 5.23. The Morgan fingerprint density at radius 1 is 1.00 bits per heavy atom. The molecule has 0 heterocycles. The van der Waals surface area contributed by atoms with Crippen LogP contribution in [0.25, 0.3) is 0 Å². The van der Waals surface area contributed by atoms with Gasteiger partial charge in [0.05, 0.1) is 0 Å². The van der Waals surface area contributed by atoms with Crippen molar-refractivity contribution in [2.24, 2.45) is 17.8 Å². The van der Waals surface area contributed by atoms with E-state index in [-0.39, 0.29) is 0 Å². The first kappa shape index (κ1) is 8.52. The molecule has 1 aromatic carbocycles. The van der Waals surface area contributed by atoms with E-state index >= 15 is 0 Å². The largest absolute Gasteiger partial charge is 0.0622 e. The van der Waals surface area contributed by atoms with Crippen LogP contribution in [-0.4, -0.2) is 0 Å². The van der Waals surface area contributed by atoms with Crippen LogP contribution in [-0.2, 0) is 0 Å². The molecule has 0 amide bonds. The zero-order valence-corrected chi connectivity index (χ0v) is 8.82. The molecule has 4 unspecified atom stereocenters. The smallest absolute Gasteiger partial charge is 0.0128 e. The summed E-state index contributed by atoms with van der Waals surface area (Å²) in [5, 5.41) is 0. The fraction of sp³-hybridized carbons (Fsp3) is 0.571. The standard InChI is InChI=1S/C14H18/c1-10-7-11-8-13(10)14(9-11)12-5-3-2-4-6-12/h2-6,10-11,13-14H,7-9H2,1H3. The summed E-state index contributed by atoms with van der Waals surface area (Å²) in [7, 11) is 0. The fourth-order valence-electron chi connectivity index (χ4n) is 3.78. The maximum Gasteiger partial charge on any atom is -0.0128 e. The van der Waals surface area contributed by atoms with Gasteiger partial charge in [-0.05, 0) is 48.5 Å². The zero-order valence-electron chi connectivity index (χ0n) is 8.82. The average molecular weight is 186 g/mol. The Bertz CT molecular complexity index is 314. The predicted molar refractivity (Wildman–Crippen MR) is 59.2 cm³/mol. The zero-order chi connectivity index (χ0) is 9.54. The van der Waals surface area contributed by atoms with Crippen LogP contribution in [0.5, 0.6) is 0 Å². The summed E-state index contributed by atoms with van der Waals surface area (Å²) in [5.74, 6) is 3.88. The van der Waals surface area contributed by atoms with Crippen LogP contribution in [0.15, 0.2) is 30.3 Å². The highest BCUT2D eigenvalue weighted by molar-refractivity contribution is 5.23. The van der Waals surface area contributed by atoms with Gasteiger partial charge < -0.3 is 0 Å². The van der Waals surface area contributed by atoms with Gasteiger partial charge in [0.2, 0.25) is 0 Å². The summed E-state index contributed by atoms with van der Waals surface area (Å²) in [6.07, 6.45) is 4.45. The molecular formula is C14H18. The Morgan fingerprint density at radius 3 is 2.43 bits per heavy atom. The van der Waals surface area contributed by atoms with Crippen LogP contribution in [0, 0.1) is 17.8 Å². The van der Waals surface area contributed by atoms with Gasteiger partial charge in [-0.25, -0.2) is 0 Å². The van der Waals surface area contributed by atoms with Gasteiger partial charge in [-0.15, -0.1) is 0 Å². The van der Waals surface area contributed by atoms with Crippen molar-refractivity contribution in [1.82, 2.24) is 0 Å². The second kappa shape index (κ2) is 3.12. The summed E-state index contributed by atoms with van der Waals surface area (Å²) in [5.41, 5.74) is 1.59. The van der Waals surface area contributed by atoms with Crippen molar-refractivity contribution in [2.45, 2.75) is 32.1 Å². The Morgan fingerprint density at radius 2 is 1.79 bits per heavy atom. The molecule has 2 aliphatic carbocycles. The first-order valence-corrected chi connectivity index (χ1v) is 5.89. The molecule has 0 radical (unpaired) electrons. The van der Waals surface area contributed by atoms with Gasteiger partial charge in [-0.3, -0.25) is 0 Å². The first-order chi connectivity index (χ1) is 6.84. The SMILES string of the molecule is CC1CC2CC(c3ccccc3)C1C2. The van der Waals surface area contributed by atoms with Crippen molar-refractivity contribution < 1.29 is 0 Å². The summed E-state index contributed by atoms with van der Waals surface area (Å²) in [4.78, 5) is 0. The maximum absolute atomic E-state index is 2.44. The lowest BCUT2D eigenvalue weighted by atomic mass is 9.78. The molecule has 0 aliphatic heterocycles. The molecule has 0 heteroatoms. The molecule has 0 spiro atoms. The maximum atomic E-state index is 2.44. The number of fused-ring (bicyclic) bond motifs is 2. The number of benzene rings is 1. The molecular weight excluding hydrogens is 168 g/mol. The van der Waals surface area contributed by atoms with Crippen LogP contribution in [0.3, 0.4) is 0 Å². The van der Waals surface area contributed by atoms with E-state index in [9.17, 15) is 0 Å². The summed E-state index contributed by atoms with van der Waals surface area (Å²) >= 11 is 0. The van der Waals surface area contributed by atoms with Crippen LogP contribution < -0.4 is 0 Å². The monoisotopic (exact) mass is 186 g/mol. The topological polar surface area (TPSA) is 0 Å². The minimum Gasteiger partial charge on any atom is -0.0622 e. The molecule has 4 atom stereocenters. The predicted octanol–water partition coefficient (Wildman–Crippen LogP) is 3.84. The van der Waals surface area contributed by atoms with Gasteiger partial charge in [-0.2, -0.15) is 0 Å². The van der Waals surface area contributed by atoms with Gasteiger partial charge in [0.25, 0.3) is 0 Å². The highest BCUT2D eigenvalue weighted by Gasteiger charge is 2.44. The lowest BCUT2D eigenvalue weighted by molar-refractivity contribution is 0.317. The van der Waals surface area contributed by atoms with Gasteiger partial charge in [0, 0.05) is 0 Å². The molecule has 0 N–H and O–H groups in total. The molecule has 2 saturated carbocycles. The van der Waals surface area contributed by atoms with Crippen molar-refractivity contribution in [3.05, 3.63) is 35.9 Å². The van der Waals surface area contributed by atoms with Crippen LogP contribution in [0.2, 0.25) is 0 Å². The molecule has 3 rings (SSSR count). The molecule has 0 saturated heterocycles. The quantitative estimate of drug-likeness (QED) is 0.625. The van der Waals surface area contributed by atoms with Crippen LogP contribution in [0.4, 0.5) is 0 Å². The van der Waals surface area contributed by atoms with Gasteiger partial charge in [0.1, 0.15) is 0 Å². The van der Waals surface area contributed by atoms with E-state index < -0.39 is 0 Å². The summed E-state index contributed by atoms with van der Waals surface area (Å²) < 4.78 is 0. The van der Waals surface area contributed by atoms with E-state index in [1.54, 1.807) is 5.56 Å². The summed E-state index contributed by atoms with van der Waals surface area (Å²) in [6, 6.07) is 11.1. The number of hydrogen-bond donors (Lipinski definition) is 0. The minimum absolute atomic E-state index is 0.880. The third kappa shape index (κ3) is 1.20. The minimum atomic E-state index is 0.880. The first-order valence-electron chi connectivity index (χ1n) is 5.89. The summed E-state index contributed by atoms with van der Waals surface area (Å²) in [6.45, 7) is 2.44. The second-order valence-electron chi connectivity index (χ2n) is 5.23. The van der Waals surface area contributed by atoms with Crippen molar-refractivity contribution in [1.29, 1.82) is 0 Å².